The molecule has 16 heavy (non-hydrogen) atoms. The lowest BCUT2D eigenvalue weighted by molar-refractivity contribution is 0.461. The molecule has 0 amide bonds. The van der Waals surface area contributed by atoms with Crippen molar-refractivity contribution in [2.75, 3.05) is 0 Å². The van der Waals surface area contributed by atoms with Gasteiger partial charge in [0, 0.05) is 16.7 Å². The smallest absolute Gasteiger partial charge is 0.225 e. The van der Waals surface area contributed by atoms with Crippen LogP contribution in [-0.4, -0.2) is 9.97 Å². The normalized spacial score (nSPS) is 10.2. The molecule has 0 saturated carbocycles. The average molecular weight is 300 g/mol. The van der Waals surface area contributed by atoms with Crippen LogP contribution in [-0.2, 0) is 0 Å². The Morgan fingerprint density at radius 1 is 1.31 bits per heavy atom. The average Bonchev–Trinajstić information content (AvgIpc) is 2.24. The van der Waals surface area contributed by atoms with Crippen LogP contribution < -0.4 is 4.74 Å². The summed E-state index contributed by atoms with van der Waals surface area (Å²) in [7, 11) is 0. The Bertz CT molecular complexity index is 519. The summed E-state index contributed by atoms with van der Waals surface area (Å²) in [5.41, 5.74) is 1.10. The number of hydrogen-bond acceptors (Lipinski definition) is 3. The molecule has 0 spiro atoms. The van der Waals surface area contributed by atoms with E-state index in [1.54, 1.807) is 12.3 Å². The molecule has 1 aromatic heterocycles. The lowest BCUT2D eigenvalue weighted by Crippen LogP contribution is -1.90. The quantitative estimate of drug-likeness (QED) is 0.786. The van der Waals surface area contributed by atoms with Crippen LogP contribution in [0.2, 0.25) is 5.28 Å². The number of benzene rings is 1. The summed E-state index contributed by atoms with van der Waals surface area (Å²) in [5, 5.41) is 0.173. The maximum atomic E-state index is 5.66. The second-order valence-corrected chi connectivity index (χ2v) is 4.37. The van der Waals surface area contributed by atoms with Crippen LogP contribution in [0.1, 0.15) is 5.56 Å². The molecular weight excluding hydrogens is 291 g/mol. The molecule has 0 N–H and O–H groups in total. The SMILES string of the molecule is Cc1cc(Oc2ccnc(Cl)n2)ccc1Br. The fraction of sp³-hybridized carbons (Fsp3) is 0.0909. The molecule has 0 aliphatic rings. The van der Waals surface area contributed by atoms with E-state index < -0.39 is 0 Å². The molecular formula is C11H8BrClN2O. The van der Waals surface area contributed by atoms with Crippen LogP contribution in [0.15, 0.2) is 34.9 Å². The summed E-state index contributed by atoms with van der Waals surface area (Å²) in [4.78, 5) is 7.72. The van der Waals surface area contributed by atoms with Gasteiger partial charge in [0.2, 0.25) is 11.2 Å². The van der Waals surface area contributed by atoms with E-state index in [-0.39, 0.29) is 5.28 Å². The van der Waals surface area contributed by atoms with Gasteiger partial charge in [-0.3, -0.25) is 0 Å². The minimum atomic E-state index is 0.173. The second-order valence-electron chi connectivity index (χ2n) is 3.18. The first kappa shape index (κ1) is 11.4. The summed E-state index contributed by atoms with van der Waals surface area (Å²) in [6, 6.07) is 7.35. The van der Waals surface area contributed by atoms with E-state index in [2.05, 4.69) is 25.9 Å². The summed E-state index contributed by atoms with van der Waals surface area (Å²) in [6.07, 6.45) is 1.55. The fourth-order valence-corrected chi connectivity index (χ4v) is 1.56. The molecule has 0 fully saturated rings. The molecule has 0 radical (unpaired) electrons. The summed E-state index contributed by atoms with van der Waals surface area (Å²) < 4.78 is 6.58. The highest BCUT2D eigenvalue weighted by Crippen LogP contribution is 2.25. The predicted molar refractivity (Wildman–Crippen MR) is 66.0 cm³/mol. The van der Waals surface area contributed by atoms with Gasteiger partial charge in [-0.05, 0) is 42.3 Å². The van der Waals surface area contributed by atoms with Gasteiger partial charge in [0.25, 0.3) is 0 Å². The maximum absolute atomic E-state index is 5.66. The zero-order valence-electron chi connectivity index (χ0n) is 8.45. The van der Waals surface area contributed by atoms with Gasteiger partial charge in [-0.15, -0.1) is 0 Å². The van der Waals surface area contributed by atoms with E-state index in [1.807, 2.05) is 25.1 Å². The highest BCUT2D eigenvalue weighted by atomic mass is 79.9. The lowest BCUT2D eigenvalue weighted by Gasteiger charge is -2.06. The standard InChI is InChI=1S/C11H8BrClN2O/c1-7-6-8(2-3-9(7)12)16-10-4-5-14-11(13)15-10/h2-6H,1H3. The molecule has 0 atom stereocenters. The number of halogens is 2. The number of aryl methyl sites for hydroxylation is 1. The molecule has 82 valence electrons. The van der Waals surface area contributed by atoms with Crippen molar-refractivity contribution < 1.29 is 4.74 Å². The Kier molecular flexibility index (Phi) is 3.41. The molecule has 2 aromatic rings. The number of hydrogen-bond donors (Lipinski definition) is 0. The number of ether oxygens (including phenoxy) is 1. The third kappa shape index (κ3) is 2.71. The van der Waals surface area contributed by atoms with Crippen molar-refractivity contribution in [1.82, 2.24) is 9.97 Å². The van der Waals surface area contributed by atoms with E-state index >= 15 is 0 Å². The monoisotopic (exact) mass is 298 g/mol. The molecule has 0 bridgehead atoms. The van der Waals surface area contributed by atoms with E-state index in [0.29, 0.717) is 5.88 Å². The van der Waals surface area contributed by atoms with Crippen LogP contribution in [0.5, 0.6) is 11.6 Å². The first-order valence-electron chi connectivity index (χ1n) is 4.58. The van der Waals surface area contributed by atoms with Crippen LogP contribution in [0.4, 0.5) is 0 Å². The number of rotatable bonds is 2. The van der Waals surface area contributed by atoms with Crippen molar-refractivity contribution in [1.29, 1.82) is 0 Å². The molecule has 0 aliphatic heterocycles. The van der Waals surface area contributed by atoms with Gasteiger partial charge in [-0.2, -0.15) is 4.98 Å². The zero-order chi connectivity index (χ0) is 11.5. The number of aromatic nitrogens is 2. The molecule has 2 rings (SSSR count). The van der Waals surface area contributed by atoms with E-state index in [1.165, 1.54) is 0 Å². The van der Waals surface area contributed by atoms with Crippen molar-refractivity contribution in [3.05, 3.63) is 45.8 Å². The number of nitrogens with zero attached hydrogens (tertiary/aromatic N) is 2. The highest BCUT2D eigenvalue weighted by molar-refractivity contribution is 9.10. The van der Waals surface area contributed by atoms with Crippen molar-refractivity contribution in [2.24, 2.45) is 0 Å². The summed E-state index contributed by atoms with van der Waals surface area (Å²) in [5.74, 6) is 1.15. The van der Waals surface area contributed by atoms with E-state index in [9.17, 15) is 0 Å². The van der Waals surface area contributed by atoms with Gasteiger partial charge in [0.1, 0.15) is 5.75 Å². The van der Waals surface area contributed by atoms with Crippen molar-refractivity contribution in [3.8, 4) is 11.6 Å². The third-order valence-electron chi connectivity index (χ3n) is 1.95. The maximum Gasteiger partial charge on any atom is 0.225 e. The zero-order valence-corrected chi connectivity index (χ0v) is 10.8. The van der Waals surface area contributed by atoms with Gasteiger partial charge in [-0.1, -0.05) is 15.9 Å². The third-order valence-corrected chi connectivity index (χ3v) is 3.02. The highest BCUT2D eigenvalue weighted by Gasteiger charge is 2.02. The van der Waals surface area contributed by atoms with Gasteiger partial charge in [-0.25, -0.2) is 4.98 Å². The first-order chi connectivity index (χ1) is 7.65. The first-order valence-corrected chi connectivity index (χ1v) is 5.75. The van der Waals surface area contributed by atoms with Crippen molar-refractivity contribution in [2.45, 2.75) is 6.92 Å². The van der Waals surface area contributed by atoms with Crippen LogP contribution in [0.25, 0.3) is 0 Å². The molecule has 0 aliphatic carbocycles. The predicted octanol–water partition coefficient (Wildman–Crippen LogP) is 3.99. The van der Waals surface area contributed by atoms with Gasteiger partial charge in [0.05, 0.1) is 0 Å². The van der Waals surface area contributed by atoms with Gasteiger partial charge < -0.3 is 4.74 Å². The van der Waals surface area contributed by atoms with Gasteiger partial charge in [0.15, 0.2) is 0 Å². The minimum absolute atomic E-state index is 0.173. The second kappa shape index (κ2) is 4.80. The Labute approximate surface area is 107 Å². The van der Waals surface area contributed by atoms with Crippen LogP contribution >= 0.6 is 27.5 Å². The molecule has 1 heterocycles. The van der Waals surface area contributed by atoms with Crippen LogP contribution in [0.3, 0.4) is 0 Å². The Balaban J connectivity index is 2.24. The lowest BCUT2D eigenvalue weighted by atomic mass is 10.2. The molecule has 0 saturated heterocycles. The van der Waals surface area contributed by atoms with Crippen molar-refractivity contribution in [3.63, 3.8) is 0 Å². The summed E-state index contributed by atoms with van der Waals surface area (Å²) >= 11 is 9.08. The molecule has 3 nitrogen and oxygen atoms in total. The minimum Gasteiger partial charge on any atom is -0.439 e. The topological polar surface area (TPSA) is 35.0 Å². The molecule has 0 unspecified atom stereocenters. The Morgan fingerprint density at radius 3 is 2.81 bits per heavy atom. The van der Waals surface area contributed by atoms with E-state index in [0.717, 1.165) is 15.8 Å². The van der Waals surface area contributed by atoms with E-state index in [4.69, 9.17) is 16.3 Å². The van der Waals surface area contributed by atoms with Gasteiger partial charge >= 0.3 is 0 Å². The summed E-state index contributed by atoms with van der Waals surface area (Å²) in [6.45, 7) is 1.99. The molecule has 1 aromatic carbocycles. The van der Waals surface area contributed by atoms with Crippen molar-refractivity contribution >= 4 is 27.5 Å². The molecule has 5 heteroatoms. The van der Waals surface area contributed by atoms with Crippen LogP contribution in [0, 0.1) is 6.92 Å². The largest absolute Gasteiger partial charge is 0.439 e. The Morgan fingerprint density at radius 2 is 2.12 bits per heavy atom. The fourth-order valence-electron chi connectivity index (χ4n) is 1.18. The Hall–Kier alpha value is -1.13.